The molecule has 0 unspecified atom stereocenters. The first kappa shape index (κ1) is 13.0. The third-order valence-corrected chi connectivity index (χ3v) is 3.49. The fourth-order valence-electron chi connectivity index (χ4n) is 1.32. The summed E-state index contributed by atoms with van der Waals surface area (Å²) in [7, 11) is 0. The van der Waals surface area contributed by atoms with Gasteiger partial charge in [0, 0.05) is 4.47 Å². The molecule has 0 aliphatic carbocycles. The van der Waals surface area contributed by atoms with E-state index in [9.17, 15) is 4.79 Å². The highest BCUT2D eigenvalue weighted by Crippen LogP contribution is 2.26. The second kappa shape index (κ2) is 5.97. The first-order chi connectivity index (χ1) is 8.68. The maximum absolute atomic E-state index is 11.8. The first-order valence-corrected chi connectivity index (χ1v) is 6.29. The molecule has 18 heavy (non-hydrogen) atoms. The minimum Gasteiger partial charge on any atom is -0.460 e. The number of halogens is 2. The van der Waals surface area contributed by atoms with Gasteiger partial charge < -0.3 is 4.74 Å². The van der Waals surface area contributed by atoms with Crippen LogP contribution in [0.3, 0.4) is 0 Å². The van der Waals surface area contributed by atoms with Crippen molar-refractivity contribution in [2.75, 3.05) is 6.61 Å². The largest absolute Gasteiger partial charge is 0.460 e. The Balaban J connectivity index is 1.93. The minimum atomic E-state index is -0.457. The molecule has 0 N–H and O–H groups in total. The molecule has 0 bridgehead atoms. The van der Waals surface area contributed by atoms with Crippen molar-refractivity contribution in [3.05, 3.63) is 45.9 Å². The molecule has 0 atom stereocenters. The van der Waals surface area contributed by atoms with Gasteiger partial charge in [0.1, 0.15) is 19.3 Å². The van der Waals surface area contributed by atoms with Crippen molar-refractivity contribution in [2.24, 2.45) is 0 Å². The number of benzene rings is 1. The Bertz CT molecular complexity index is 545. The number of ether oxygens (including phenoxy) is 1. The Hall–Kier alpha value is -1.40. The van der Waals surface area contributed by atoms with Crippen LogP contribution in [0.2, 0.25) is 5.02 Å². The van der Waals surface area contributed by atoms with E-state index < -0.39 is 5.97 Å². The van der Waals surface area contributed by atoms with Crippen molar-refractivity contribution in [1.29, 1.82) is 0 Å². The maximum atomic E-state index is 11.8. The highest BCUT2D eigenvalue weighted by molar-refractivity contribution is 9.10. The molecule has 0 saturated heterocycles. The number of esters is 1. The van der Waals surface area contributed by atoms with E-state index in [-0.39, 0.29) is 6.61 Å². The fraction of sp³-hybridized carbons (Fsp3) is 0.182. The molecule has 1 aromatic heterocycles. The molecule has 2 rings (SSSR count). The van der Waals surface area contributed by atoms with Gasteiger partial charge in [0.2, 0.25) is 0 Å². The number of hydrogen-bond acceptors (Lipinski definition) is 4. The van der Waals surface area contributed by atoms with Crippen molar-refractivity contribution < 1.29 is 9.53 Å². The van der Waals surface area contributed by atoms with Gasteiger partial charge in [0.15, 0.2) is 0 Å². The van der Waals surface area contributed by atoms with Gasteiger partial charge in [-0.2, -0.15) is 5.10 Å². The zero-order valence-corrected chi connectivity index (χ0v) is 11.6. The smallest absolute Gasteiger partial charge is 0.339 e. The van der Waals surface area contributed by atoms with Crippen molar-refractivity contribution in [1.82, 2.24) is 14.8 Å². The van der Waals surface area contributed by atoms with Crippen LogP contribution in [-0.2, 0) is 11.3 Å². The van der Waals surface area contributed by atoms with Crippen LogP contribution in [0.5, 0.6) is 0 Å². The van der Waals surface area contributed by atoms with E-state index in [2.05, 4.69) is 26.0 Å². The lowest BCUT2D eigenvalue weighted by Gasteiger charge is -2.07. The second-order valence-corrected chi connectivity index (χ2v) is 4.63. The number of nitrogens with zero attached hydrogens (tertiary/aromatic N) is 3. The normalized spacial score (nSPS) is 10.3. The lowest BCUT2D eigenvalue weighted by molar-refractivity contribution is 0.0487. The van der Waals surface area contributed by atoms with Crippen LogP contribution >= 0.6 is 27.5 Å². The highest BCUT2D eigenvalue weighted by atomic mass is 79.9. The minimum absolute atomic E-state index is 0.213. The molecule has 5 nitrogen and oxygen atoms in total. The Morgan fingerprint density at radius 2 is 2.33 bits per heavy atom. The van der Waals surface area contributed by atoms with Gasteiger partial charge in [0.05, 0.1) is 17.1 Å². The number of rotatable bonds is 4. The number of aromatic nitrogens is 3. The number of carbonyl (C=O) groups excluding carboxylic acids is 1. The van der Waals surface area contributed by atoms with Crippen molar-refractivity contribution in [3.63, 3.8) is 0 Å². The summed E-state index contributed by atoms with van der Waals surface area (Å²) in [5.74, 6) is -0.457. The Morgan fingerprint density at radius 1 is 1.50 bits per heavy atom. The summed E-state index contributed by atoms with van der Waals surface area (Å²) in [5.41, 5.74) is 0.338. The average Bonchev–Trinajstić information content (AvgIpc) is 2.85. The fourth-order valence-corrected chi connectivity index (χ4v) is 1.89. The van der Waals surface area contributed by atoms with E-state index in [1.54, 1.807) is 29.2 Å². The molecular weight excluding hydrogens is 321 g/mol. The van der Waals surface area contributed by atoms with E-state index in [4.69, 9.17) is 16.3 Å². The Morgan fingerprint density at radius 3 is 3.06 bits per heavy atom. The molecule has 0 aliphatic rings. The van der Waals surface area contributed by atoms with Gasteiger partial charge in [0.25, 0.3) is 0 Å². The lowest BCUT2D eigenvalue weighted by Crippen LogP contribution is -2.12. The summed E-state index contributed by atoms with van der Waals surface area (Å²) >= 11 is 9.24. The summed E-state index contributed by atoms with van der Waals surface area (Å²) in [6.45, 7) is 0.669. The number of carbonyl (C=O) groups is 1. The molecule has 0 aliphatic heterocycles. The molecular formula is C11H9BrClN3O2. The monoisotopic (exact) mass is 329 g/mol. The number of hydrogen-bond donors (Lipinski definition) is 0. The van der Waals surface area contributed by atoms with Crippen LogP contribution in [0, 0.1) is 0 Å². The second-order valence-electron chi connectivity index (χ2n) is 3.40. The van der Waals surface area contributed by atoms with Crippen molar-refractivity contribution in [2.45, 2.75) is 6.54 Å². The van der Waals surface area contributed by atoms with Crippen molar-refractivity contribution in [3.8, 4) is 0 Å². The molecule has 1 heterocycles. The van der Waals surface area contributed by atoms with E-state index in [1.165, 1.54) is 6.33 Å². The molecule has 0 saturated carbocycles. The van der Waals surface area contributed by atoms with Gasteiger partial charge in [-0.3, -0.25) is 0 Å². The molecule has 0 spiro atoms. The van der Waals surface area contributed by atoms with E-state index >= 15 is 0 Å². The molecule has 1 aromatic carbocycles. The van der Waals surface area contributed by atoms with E-state index in [0.29, 0.717) is 21.6 Å². The molecule has 0 amide bonds. The van der Waals surface area contributed by atoms with Gasteiger partial charge in [-0.25, -0.2) is 14.5 Å². The van der Waals surface area contributed by atoms with Crippen LogP contribution in [0.4, 0.5) is 0 Å². The SMILES string of the molecule is O=C(OCCn1cncn1)c1cccc(Br)c1Cl. The summed E-state index contributed by atoms with van der Waals surface area (Å²) in [5, 5.41) is 4.25. The third kappa shape index (κ3) is 3.08. The summed E-state index contributed by atoms with van der Waals surface area (Å²) in [4.78, 5) is 15.6. The quantitative estimate of drug-likeness (QED) is 0.809. The zero-order valence-electron chi connectivity index (χ0n) is 9.22. The predicted molar refractivity (Wildman–Crippen MR) is 69.5 cm³/mol. The molecule has 7 heteroatoms. The lowest BCUT2D eigenvalue weighted by atomic mass is 10.2. The van der Waals surface area contributed by atoms with E-state index in [0.717, 1.165) is 0 Å². The van der Waals surface area contributed by atoms with Crippen LogP contribution in [0.15, 0.2) is 35.3 Å². The Kier molecular flexibility index (Phi) is 4.33. The molecule has 0 radical (unpaired) electrons. The van der Waals surface area contributed by atoms with Gasteiger partial charge in [-0.05, 0) is 28.1 Å². The topological polar surface area (TPSA) is 57.0 Å². The zero-order chi connectivity index (χ0) is 13.0. The summed E-state index contributed by atoms with van der Waals surface area (Å²) < 4.78 is 7.35. The maximum Gasteiger partial charge on any atom is 0.339 e. The Labute approximate surface area is 117 Å². The van der Waals surface area contributed by atoms with Crippen LogP contribution in [-0.4, -0.2) is 27.3 Å². The third-order valence-electron chi connectivity index (χ3n) is 2.19. The van der Waals surface area contributed by atoms with Crippen LogP contribution < -0.4 is 0 Å². The predicted octanol–water partition coefficient (Wildman–Crippen LogP) is 2.55. The van der Waals surface area contributed by atoms with Gasteiger partial charge in [-0.15, -0.1) is 0 Å². The van der Waals surface area contributed by atoms with Gasteiger partial charge >= 0.3 is 5.97 Å². The summed E-state index contributed by atoms with van der Waals surface area (Å²) in [6, 6.07) is 5.10. The van der Waals surface area contributed by atoms with Crippen LogP contribution in [0.25, 0.3) is 0 Å². The molecule has 0 fully saturated rings. The van der Waals surface area contributed by atoms with E-state index in [1.807, 2.05) is 0 Å². The first-order valence-electron chi connectivity index (χ1n) is 5.12. The highest BCUT2D eigenvalue weighted by Gasteiger charge is 2.13. The molecule has 2 aromatic rings. The van der Waals surface area contributed by atoms with Gasteiger partial charge in [-0.1, -0.05) is 17.7 Å². The van der Waals surface area contributed by atoms with Crippen molar-refractivity contribution >= 4 is 33.5 Å². The average molecular weight is 331 g/mol. The summed E-state index contributed by atoms with van der Waals surface area (Å²) in [6.07, 6.45) is 2.98. The standard InChI is InChI=1S/C11H9BrClN3O2/c12-9-3-1-2-8(10(9)13)11(17)18-5-4-16-7-14-6-15-16/h1-3,6-7H,4-5H2. The van der Waals surface area contributed by atoms with Crippen LogP contribution in [0.1, 0.15) is 10.4 Å². The molecule has 94 valence electrons.